The van der Waals surface area contributed by atoms with Crippen LogP contribution in [0.1, 0.15) is 56.7 Å². The molecule has 3 rings (SSSR count). The average molecular weight is 507 g/mol. The molecule has 1 N–H and O–H groups in total. The number of rotatable bonds is 2. The summed E-state index contributed by atoms with van der Waals surface area (Å²) in [4.78, 5) is 22.3. The molecule has 2 aromatic rings. The van der Waals surface area contributed by atoms with E-state index in [0.29, 0.717) is 6.54 Å². The predicted molar refractivity (Wildman–Crippen MR) is 106 cm³/mol. The summed E-state index contributed by atoms with van der Waals surface area (Å²) in [6, 6.07) is 5.76. The number of nitrogens with one attached hydrogen (secondary N) is 1. The number of aromatic nitrogens is 2. The van der Waals surface area contributed by atoms with E-state index in [1.807, 2.05) is 39.0 Å². The van der Waals surface area contributed by atoms with Crippen molar-refractivity contribution in [3.05, 3.63) is 53.6 Å². The summed E-state index contributed by atoms with van der Waals surface area (Å²) < 4.78 is 6.51. The van der Waals surface area contributed by atoms with Gasteiger partial charge in [-0.2, -0.15) is 18.6 Å². The molecular formula is C20H24BrN3O2Y-2. The molecule has 1 saturated heterocycles. The molecule has 1 amide bonds. The minimum atomic E-state index is -0.518. The van der Waals surface area contributed by atoms with Crippen LogP contribution in [-0.4, -0.2) is 33.1 Å². The summed E-state index contributed by atoms with van der Waals surface area (Å²) in [5.74, 6) is 0.746. The molecule has 1 aromatic carbocycles. The van der Waals surface area contributed by atoms with Crippen LogP contribution in [0, 0.1) is 13.8 Å². The molecule has 143 valence electrons. The third kappa shape index (κ3) is 5.10. The average Bonchev–Trinajstić information content (AvgIpc) is 3.12. The minimum absolute atomic E-state index is 0. The second kappa shape index (κ2) is 8.58. The number of likely N-dealkylation sites (tertiary alicyclic amines) is 1. The molecule has 1 fully saturated rings. The van der Waals surface area contributed by atoms with E-state index in [2.05, 4.69) is 34.8 Å². The van der Waals surface area contributed by atoms with Crippen molar-refractivity contribution in [3.63, 3.8) is 0 Å². The van der Waals surface area contributed by atoms with Gasteiger partial charge in [0.15, 0.2) is 0 Å². The van der Waals surface area contributed by atoms with Gasteiger partial charge in [-0.3, -0.25) is 4.90 Å². The number of imidazole rings is 1. The first-order chi connectivity index (χ1) is 12.2. The topological polar surface area (TPSA) is 58.2 Å². The van der Waals surface area contributed by atoms with Gasteiger partial charge in [-0.1, -0.05) is 22.0 Å². The number of halogens is 1. The maximum absolute atomic E-state index is 12.5. The summed E-state index contributed by atoms with van der Waals surface area (Å²) in [7, 11) is 0. The Kier molecular flexibility index (Phi) is 7.09. The van der Waals surface area contributed by atoms with Crippen molar-refractivity contribution >= 4 is 22.0 Å². The van der Waals surface area contributed by atoms with E-state index in [0.717, 1.165) is 45.7 Å². The first kappa shape index (κ1) is 22.3. The van der Waals surface area contributed by atoms with Crippen LogP contribution in [0.25, 0.3) is 11.3 Å². The van der Waals surface area contributed by atoms with Crippen molar-refractivity contribution in [2.45, 2.75) is 45.3 Å². The molecule has 0 bridgehead atoms. The molecule has 0 unspecified atom stereocenters. The van der Waals surface area contributed by atoms with Crippen LogP contribution in [0.3, 0.4) is 0 Å². The van der Waals surface area contributed by atoms with Gasteiger partial charge in [-0.05, 0) is 38.1 Å². The van der Waals surface area contributed by atoms with Crippen molar-refractivity contribution in [3.8, 4) is 11.3 Å². The Hall–Kier alpha value is -0.976. The summed E-state index contributed by atoms with van der Waals surface area (Å²) in [6.45, 7) is 14.5. The third-order valence-corrected chi connectivity index (χ3v) is 4.81. The molecule has 5 nitrogen and oxygen atoms in total. The van der Waals surface area contributed by atoms with E-state index in [4.69, 9.17) is 9.72 Å². The zero-order valence-corrected chi connectivity index (χ0v) is 20.4. The Bertz CT molecular complexity index is 829. The number of nitrogens with zero attached hydrogens (tertiary/aromatic N) is 2. The molecule has 0 aliphatic carbocycles. The quantitative estimate of drug-likeness (QED) is 0.564. The number of carbonyl (C=O) groups excluding carboxylic acids is 1. The van der Waals surface area contributed by atoms with Crippen molar-refractivity contribution in [1.82, 2.24) is 14.9 Å². The molecule has 1 atom stereocenters. The molecule has 27 heavy (non-hydrogen) atoms. The molecule has 1 aliphatic heterocycles. The number of aromatic amines is 1. The summed E-state index contributed by atoms with van der Waals surface area (Å²) >= 11 is 3.45. The fourth-order valence-electron chi connectivity index (χ4n) is 3.19. The number of carbonyl (C=O) groups is 1. The normalized spacial score (nSPS) is 16.9. The van der Waals surface area contributed by atoms with Crippen molar-refractivity contribution in [2.75, 3.05) is 6.54 Å². The van der Waals surface area contributed by atoms with Crippen LogP contribution < -0.4 is 0 Å². The molecule has 7 heteroatoms. The van der Waals surface area contributed by atoms with Crippen molar-refractivity contribution < 1.29 is 42.2 Å². The Labute approximate surface area is 194 Å². The summed E-state index contributed by atoms with van der Waals surface area (Å²) in [5, 5.41) is 0. The number of benzene rings is 1. The van der Waals surface area contributed by atoms with Gasteiger partial charge in [0.25, 0.3) is 0 Å². The Morgan fingerprint density at radius 2 is 2.07 bits per heavy atom. The number of amides is 1. The monoisotopic (exact) mass is 506 g/mol. The van der Waals surface area contributed by atoms with Gasteiger partial charge in [0.1, 0.15) is 11.4 Å². The van der Waals surface area contributed by atoms with Gasteiger partial charge < -0.3 is 14.7 Å². The number of hydrogen-bond donors (Lipinski definition) is 1. The van der Waals surface area contributed by atoms with E-state index in [1.165, 1.54) is 0 Å². The van der Waals surface area contributed by atoms with Gasteiger partial charge in [-0.25, -0.2) is 17.3 Å². The van der Waals surface area contributed by atoms with Gasteiger partial charge in [0.2, 0.25) is 0 Å². The molecular weight excluding hydrogens is 483 g/mol. The van der Waals surface area contributed by atoms with Crippen LogP contribution in [0.2, 0.25) is 0 Å². The SMILES string of the molecule is [CH2-]c1cc(Br)ccc1-c1nc([C@@H]2CCCN2C(=O)OC(C)(C)C)[nH]c1[CH2-].[Y]. The van der Waals surface area contributed by atoms with Gasteiger partial charge in [0.05, 0.1) is 6.04 Å². The fourth-order valence-corrected chi connectivity index (χ4v) is 3.60. The van der Waals surface area contributed by atoms with Crippen LogP contribution in [0.4, 0.5) is 4.79 Å². The molecule has 0 saturated carbocycles. The molecule has 1 radical (unpaired) electrons. The van der Waals surface area contributed by atoms with E-state index in [1.54, 1.807) is 4.90 Å². The maximum Gasteiger partial charge on any atom is 0.410 e. The minimum Gasteiger partial charge on any atom is -0.444 e. The Morgan fingerprint density at radius 1 is 1.37 bits per heavy atom. The van der Waals surface area contributed by atoms with Gasteiger partial charge in [0, 0.05) is 39.3 Å². The second-order valence-electron chi connectivity index (χ2n) is 7.58. The van der Waals surface area contributed by atoms with E-state index >= 15 is 0 Å². The molecule has 1 aromatic heterocycles. The fraction of sp³-hybridized carbons (Fsp3) is 0.400. The third-order valence-electron chi connectivity index (χ3n) is 4.32. The second-order valence-corrected chi connectivity index (χ2v) is 8.50. The van der Waals surface area contributed by atoms with Crippen molar-refractivity contribution in [2.24, 2.45) is 0 Å². The van der Waals surface area contributed by atoms with Crippen molar-refractivity contribution in [1.29, 1.82) is 0 Å². The largest absolute Gasteiger partial charge is 0.444 e. The van der Waals surface area contributed by atoms with Crippen LogP contribution in [0.5, 0.6) is 0 Å². The zero-order valence-electron chi connectivity index (χ0n) is 16.0. The Balaban J connectivity index is 0.00000261. The zero-order chi connectivity index (χ0) is 19.1. The summed E-state index contributed by atoms with van der Waals surface area (Å²) in [5.41, 5.74) is 2.79. The van der Waals surface area contributed by atoms with Gasteiger partial charge >= 0.3 is 6.09 Å². The van der Waals surface area contributed by atoms with Crippen LogP contribution >= 0.6 is 15.9 Å². The van der Waals surface area contributed by atoms with Gasteiger partial charge in [-0.15, -0.1) is 17.5 Å². The molecule has 2 heterocycles. The molecule has 0 spiro atoms. The van der Waals surface area contributed by atoms with E-state index < -0.39 is 5.60 Å². The Morgan fingerprint density at radius 3 is 2.70 bits per heavy atom. The first-order valence-electron chi connectivity index (χ1n) is 8.69. The first-order valence-corrected chi connectivity index (χ1v) is 9.48. The smallest absolute Gasteiger partial charge is 0.410 e. The maximum atomic E-state index is 12.5. The predicted octanol–water partition coefficient (Wildman–Crippen LogP) is 5.27. The summed E-state index contributed by atoms with van der Waals surface area (Å²) in [6.07, 6.45) is 1.47. The standard InChI is InChI=1S/C20H24BrN3O2.Y/c1-12-11-14(21)8-9-15(12)17-13(2)22-18(23-17)16-7-6-10-24(16)19(25)26-20(3,4)5;/h8-9,11,16H,1-2,6-7,10H2,3-5H3,(H,22,23);/q-2;/t16-;/m0./s1. The molecule has 1 aliphatic rings. The van der Waals surface area contributed by atoms with Crippen LogP contribution in [-0.2, 0) is 37.4 Å². The van der Waals surface area contributed by atoms with E-state index in [-0.39, 0.29) is 44.8 Å². The number of hydrogen-bond acceptors (Lipinski definition) is 3. The number of H-pyrrole nitrogens is 1. The van der Waals surface area contributed by atoms with Crippen LogP contribution in [0.15, 0.2) is 22.7 Å². The van der Waals surface area contributed by atoms with E-state index in [9.17, 15) is 4.79 Å². The number of ether oxygens (including phenoxy) is 1.